The van der Waals surface area contributed by atoms with Gasteiger partial charge in [-0.2, -0.15) is 17.5 Å². The number of rotatable bonds is 8. The van der Waals surface area contributed by atoms with Gasteiger partial charge in [-0.05, 0) is 36.2 Å². The normalized spacial score (nSPS) is 12.4. The van der Waals surface area contributed by atoms with Crippen molar-refractivity contribution in [2.24, 2.45) is 0 Å². The molecule has 1 aromatic heterocycles. The lowest BCUT2D eigenvalue weighted by Gasteiger charge is -2.18. The smallest absolute Gasteiger partial charge is 0.370 e. The molecule has 2 aromatic rings. The second-order valence-corrected chi connectivity index (χ2v) is 7.78. The van der Waals surface area contributed by atoms with Crippen LogP contribution in [0.2, 0.25) is 0 Å². The van der Waals surface area contributed by atoms with E-state index in [1.165, 1.54) is 28.7 Å². The van der Waals surface area contributed by atoms with E-state index in [-0.39, 0.29) is 4.90 Å². The molecule has 0 fully saturated rings. The van der Waals surface area contributed by atoms with Crippen LogP contribution in [0.4, 0.5) is 19.0 Å². The van der Waals surface area contributed by atoms with Crippen molar-refractivity contribution in [3.05, 3.63) is 53.7 Å². The third-order valence-electron chi connectivity index (χ3n) is 4.08. The van der Waals surface area contributed by atoms with Gasteiger partial charge in [-0.15, -0.1) is 0 Å². The Hall–Kier alpha value is -2.13. The van der Waals surface area contributed by atoms with Crippen molar-refractivity contribution in [2.45, 2.75) is 31.3 Å². The quantitative estimate of drug-likeness (QED) is 0.731. The maximum absolute atomic E-state index is 12.5. The Morgan fingerprint density at radius 2 is 1.67 bits per heavy atom. The van der Waals surface area contributed by atoms with E-state index in [1.54, 1.807) is 19.9 Å². The Bertz CT molecular complexity index is 832. The standard InChI is InChI=1S/C18H22F3N3O2S/c1-3-24(4-2)27(25,26)16-9-10-17(23-13-16)22-12-11-14-5-7-15(8-6-14)18(19,20)21/h5-10,13H,3-4,11-12H2,1-2H3,(H,22,23). The van der Waals surface area contributed by atoms with E-state index in [1.807, 2.05) is 0 Å². The van der Waals surface area contributed by atoms with Gasteiger partial charge in [0.15, 0.2) is 0 Å². The summed E-state index contributed by atoms with van der Waals surface area (Å²) in [6.07, 6.45) is -2.53. The molecule has 1 heterocycles. The van der Waals surface area contributed by atoms with Crippen LogP contribution < -0.4 is 5.32 Å². The van der Waals surface area contributed by atoms with Crippen molar-refractivity contribution in [1.29, 1.82) is 0 Å². The summed E-state index contributed by atoms with van der Waals surface area (Å²) in [5.74, 6) is 0.500. The fourth-order valence-electron chi connectivity index (χ4n) is 2.55. The first-order valence-corrected chi connectivity index (χ1v) is 9.98. The summed E-state index contributed by atoms with van der Waals surface area (Å²) in [4.78, 5) is 4.23. The molecule has 9 heteroatoms. The van der Waals surface area contributed by atoms with Gasteiger partial charge in [0.1, 0.15) is 10.7 Å². The molecule has 0 unspecified atom stereocenters. The van der Waals surface area contributed by atoms with Gasteiger partial charge in [-0.1, -0.05) is 26.0 Å². The van der Waals surface area contributed by atoms with Crippen LogP contribution >= 0.6 is 0 Å². The topological polar surface area (TPSA) is 62.3 Å². The van der Waals surface area contributed by atoms with Crippen LogP contribution in [0, 0.1) is 0 Å². The second kappa shape index (κ2) is 8.71. The SMILES string of the molecule is CCN(CC)S(=O)(=O)c1ccc(NCCc2ccc(C(F)(F)F)cc2)nc1. The molecule has 0 radical (unpaired) electrons. The van der Waals surface area contributed by atoms with Gasteiger partial charge in [0.25, 0.3) is 0 Å². The molecule has 1 N–H and O–H groups in total. The van der Waals surface area contributed by atoms with Crippen LogP contribution in [0.5, 0.6) is 0 Å². The number of halogens is 3. The molecular formula is C18H22F3N3O2S. The monoisotopic (exact) mass is 401 g/mol. The Kier molecular flexibility index (Phi) is 6.83. The number of nitrogens with zero attached hydrogens (tertiary/aromatic N) is 2. The number of anilines is 1. The lowest BCUT2D eigenvalue weighted by atomic mass is 10.1. The third kappa shape index (κ3) is 5.43. The van der Waals surface area contributed by atoms with Gasteiger partial charge in [-0.25, -0.2) is 13.4 Å². The first-order valence-electron chi connectivity index (χ1n) is 8.54. The summed E-state index contributed by atoms with van der Waals surface area (Å²) in [5.41, 5.74) is 0.0853. The number of hydrogen-bond donors (Lipinski definition) is 1. The van der Waals surface area contributed by atoms with E-state index in [0.29, 0.717) is 31.9 Å². The van der Waals surface area contributed by atoms with E-state index in [4.69, 9.17) is 0 Å². The zero-order valence-electron chi connectivity index (χ0n) is 15.1. The summed E-state index contributed by atoms with van der Waals surface area (Å²) in [7, 11) is -3.55. The fourth-order valence-corrected chi connectivity index (χ4v) is 3.95. The van der Waals surface area contributed by atoms with E-state index < -0.39 is 21.8 Å². The molecule has 0 aliphatic heterocycles. The highest BCUT2D eigenvalue weighted by Gasteiger charge is 2.29. The average Bonchev–Trinajstić information content (AvgIpc) is 2.62. The van der Waals surface area contributed by atoms with Crippen LogP contribution in [0.1, 0.15) is 25.0 Å². The van der Waals surface area contributed by atoms with Crippen LogP contribution in [-0.4, -0.2) is 37.3 Å². The minimum Gasteiger partial charge on any atom is -0.370 e. The lowest BCUT2D eigenvalue weighted by Crippen LogP contribution is -2.30. The highest BCUT2D eigenvalue weighted by molar-refractivity contribution is 7.89. The Morgan fingerprint density at radius 3 is 2.15 bits per heavy atom. The zero-order valence-corrected chi connectivity index (χ0v) is 15.9. The Balaban J connectivity index is 1.94. The van der Waals surface area contributed by atoms with Gasteiger partial charge in [-0.3, -0.25) is 0 Å². The predicted molar refractivity (Wildman–Crippen MR) is 98.0 cm³/mol. The first-order chi connectivity index (χ1) is 12.7. The van der Waals surface area contributed by atoms with Gasteiger partial charge < -0.3 is 5.32 Å². The zero-order chi connectivity index (χ0) is 20.1. The summed E-state index contributed by atoms with van der Waals surface area (Å²) in [6, 6.07) is 8.06. The van der Waals surface area contributed by atoms with Crippen LogP contribution in [0.15, 0.2) is 47.5 Å². The summed E-state index contributed by atoms with van der Waals surface area (Å²) in [5, 5.41) is 3.03. The average molecular weight is 401 g/mol. The molecule has 148 valence electrons. The summed E-state index contributed by atoms with van der Waals surface area (Å²) in [6.45, 7) is 4.76. The van der Waals surface area contributed by atoms with Crippen molar-refractivity contribution in [2.75, 3.05) is 25.0 Å². The number of pyridine rings is 1. The van der Waals surface area contributed by atoms with E-state index in [9.17, 15) is 21.6 Å². The van der Waals surface area contributed by atoms with Crippen LogP contribution in [0.25, 0.3) is 0 Å². The van der Waals surface area contributed by atoms with Crippen molar-refractivity contribution >= 4 is 15.8 Å². The van der Waals surface area contributed by atoms with Crippen molar-refractivity contribution in [3.8, 4) is 0 Å². The molecule has 27 heavy (non-hydrogen) atoms. The van der Waals surface area contributed by atoms with Gasteiger partial charge in [0, 0.05) is 25.8 Å². The molecule has 5 nitrogen and oxygen atoms in total. The molecule has 0 spiro atoms. The minimum absolute atomic E-state index is 0.125. The number of alkyl halides is 3. The van der Waals surface area contributed by atoms with Crippen molar-refractivity contribution < 1.29 is 21.6 Å². The van der Waals surface area contributed by atoms with Gasteiger partial charge in [0.2, 0.25) is 10.0 Å². The number of hydrogen-bond acceptors (Lipinski definition) is 4. The van der Waals surface area contributed by atoms with E-state index in [2.05, 4.69) is 10.3 Å². The molecule has 0 saturated heterocycles. The van der Waals surface area contributed by atoms with E-state index >= 15 is 0 Å². The maximum atomic E-state index is 12.5. The predicted octanol–water partition coefficient (Wildman–Crippen LogP) is 3.79. The molecule has 0 bridgehead atoms. The van der Waals surface area contributed by atoms with Crippen LogP contribution in [0.3, 0.4) is 0 Å². The molecule has 0 amide bonds. The number of aromatic nitrogens is 1. The molecule has 0 saturated carbocycles. The van der Waals surface area contributed by atoms with Gasteiger partial charge >= 0.3 is 6.18 Å². The largest absolute Gasteiger partial charge is 0.416 e. The van der Waals surface area contributed by atoms with E-state index in [0.717, 1.165) is 17.7 Å². The molecular weight excluding hydrogens is 379 g/mol. The van der Waals surface area contributed by atoms with Crippen molar-refractivity contribution in [1.82, 2.24) is 9.29 Å². The van der Waals surface area contributed by atoms with Crippen molar-refractivity contribution in [3.63, 3.8) is 0 Å². The number of nitrogens with one attached hydrogen (secondary N) is 1. The number of sulfonamides is 1. The fraction of sp³-hybridized carbons (Fsp3) is 0.389. The Labute approximate surface area is 157 Å². The molecule has 1 aromatic carbocycles. The molecule has 0 aliphatic carbocycles. The molecule has 2 rings (SSSR count). The summed E-state index contributed by atoms with van der Waals surface area (Å²) >= 11 is 0. The highest BCUT2D eigenvalue weighted by atomic mass is 32.2. The Morgan fingerprint density at radius 1 is 1.04 bits per heavy atom. The maximum Gasteiger partial charge on any atom is 0.416 e. The second-order valence-electron chi connectivity index (χ2n) is 5.84. The van der Waals surface area contributed by atoms with Gasteiger partial charge in [0.05, 0.1) is 5.56 Å². The minimum atomic E-state index is -4.34. The first kappa shape index (κ1) is 21.2. The lowest BCUT2D eigenvalue weighted by molar-refractivity contribution is -0.137. The van der Waals surface area contributed by atoms with Crippen LogP contribution in [-0.2, 0) is 22.6 Å². The third-order valence-corrected chi connectivity index (χ3v) is 6.11. The highest BCUT2D eigenvalue weighted by Crippen LogP contribution is 2.29. The molecule has 0 aliphatic rings. The molecule has 0 atom stereocenters. The number of benzene rings is 1. The summed E-state index contributed by atoms with van der Waals surface area (Å²) < 4.78 is 63.7.